The van der Waals surface area contributed by atoms with Crippen LogP contribution in [0.5, 0.6) is 5.75 Å². The van der Waals surface area contributed by atoms with E-state index in [0.717, 1.165) is 15.4 Å². The van der Waals surface area contributed by atoms with Crippen molar-refractivity contribution in [3.63, 3.8) is 0 Å². The second kappa shape index (κ2) is 15.5. The molecule has 4 aromatic rings. The molecule has 0 fully saturated rings. The minimum atomic E-state index is -4.28. The van der Waals surface area contributed by atoms with Crippen molar-refractivity contribution in [3.05, 3.63) is 126 Å². The molecule has 10 heteroatoms. The highest BCUT2D eigenvalue weighted by atomic mass is 32.2. The van der Waals surface area contributed by atoms with E-state index in [1.54, 1.807) is 48.5 Å². The topological polar surface area (TPSA) is 96.0 Å². The fourth-order valence-corrected chi connectivity index (χ4v) is 6.39. The van der Waals surface area contributed by atoms with Crippen LogP contribution in [0.2, 0.25) is 0 Å². The largest absolute Gasteiger partial charge is 0.495 e. The minimum absolute atomic E-state index is 0.00256. The van der Waals surface area contributed by atoms with E-state index in [1.807, 2.05) is 51.1 Å². The third-order valence-electron chi connectivity index (χ3n) is 7.78. The third-order valence-corrected chi connectivity index (χ3v) is 9.55. The number of methoxy groups -OCH3 is 1. The van der Waals surface area contributed by atoms with Gasteiger partial charge in [0.15, 0.2) is 0 Å². The summed E-state index contributed by atoms with van der Waals surface area (Å²) in [5.41, 5.74) is 2.44. The Labute approximate surface area is 270 Å². The highest BCUT2D eigenvalue weighted by molar-refractivity contribution is 7.92. The van der Waals surface area contributed by atoms with Crippen LogP contribution in [-0.4, -0.2) is 50.9 Å². The van der Waals surface area contributed by atoms with Crippen LogP contribution in [0.3, 0.4) is 0 Å². The van der Waals surface area contributed by atoms with Crippen molar-refractivity contribution in [3.8, 4) is 5.75 Å². The highest BCUT2D eigenvalue weighted by Crippen LogP contribution is 2.33. The predicted octanol–water partition coefficient (Wildman–Crippen LogP) is 5.89. The molecule has 0 saturated heterocycles. The zero-order valence-electron chi connectivity index (χ0n) is 26.5. The van der Waals surface area contributed by atoms with Crippen LogP contribution in [0.1, 0.15) is 37.0 Å². The molecule has 2 amide bonds. The molecule has 8 nitrogen and oxygen atoms in total. The lowest BCUT2D eigenvalue weighted by Gasteiger charge is -2.34. The smallest absolute Gasteiger partial charge is 0.264 e. The van der Waals surface area contributed by atoms with Crippen molar-refractivity contribution < 1.29 is 27.1 Å². The number of rotatable bonds is 14. The standard InChI is InChI=1S/C36H40FN3O5S/c1-5-27(3)38-36(42)33(23-28-11-7-6-8-12-28)39(24-29-17-19-30(37)20-18-29)35(41)25-40(32-13-9-10-14-34(32)45-4)46(43,44)31-21-15-26(2)16-22-31/h6-22,27,33H,5,23-25H2,1-4H3,(H,38,42)/t27-,33-/m0/s1. The Morgan fingerprint density at radius 1 is 0.870 bits per heavy atom. The zero-order chi connectivity index (χ0) is 33.3. The SMILES string of the molecule is CC[C@H](C)NC(=O)[C@H](Cc1ccccc1)N(Cc1ccc(F)cc1)C(=O)CN(c1ccccc1OC)S(=O)(=O)c1ccc(C)cc1. The lowest BCUT2D eigenvalue weighted by atomic mass is 10.0. The lowest BCUT2D eigenvalue weighted by Crippen LogP contribution is -2.54. The maximum Gasteiger partial charge on any atom is 0.264 e. The number of sulfonamides is 1. The van der Waals surface area contributed by atoms with E-state index in [2.05, 4.69) is 5.32 Å². The molecule has 0 radical (unpaired) electrons. The first-order chi connectivity index (χ1) is 22.0. The van der Waals surface area contributed by atoms with Gasteiger partial charge in [-0.15, -0.1) is 0 Å². The molecule has 46 heavy (non-hydrogen) atoms. The van der Waals surface area contributed by atoms with E-state index in [0.29, 0.717) is 12.0 Å². The minimum Gasteiger partial charge on any atom is -0.495 e. The van der Waals surface area contributed by atoms with Gasteiger partial charge in [0.25, 0.3) is 10.0 Å². The van der Waals surface area contributed by atoms with Crippen molar-refractivity contribution in [2.45, 2.75) is 57.1 Å². The van der Waals surface area contributed by atoms with Gasteiger partial charge in [0.05, 0.1) is 17.7 Å². The van der Waals surface area contributed by atoms with Crippen molar-refractivity contribution in [1.82, 2.24) is 10.2 Å². The van der Waals surface area contributed by atoms with Crippen LogP contribution in [-0.2, 0) is 32.6 Å². The van der Waals surface area contributed by atoms with Gasteiger partial charge in [0.1, 0.15) is 24.2 Å². The molecular formula is C36H40FN3O5S. The Hall–Kier alpha value is -4.70. The number of nitrogens with zero attached hydrogens (tertiary/aromatic N) is 2. The molecule has 1 N–H and O–H groups in total. The van der Waals surface area contributed by atoms with Gasteiger partial charge in [-0.3, -0.25) is 13.9 Å². The maximum atomic E-state index is 14.5. The molecule has 0 aliphatic rings. The molecule has 0 aromatic heterocycles. The zero-order valence-corrected chi connectivity index (χ0v) is 27.3. The van der Waals surface area contributed by atoms with Crippen molar-refractivity contribution >= 4 is 27.5 Å². The second-order valence-corrected chi connectivity index (χ2v) is 13.0. The Kier molecular flexibility index (Phi) is 11.5. The quantitative estimate of drug-likeness (QED) is 0.185. The Balaban J connectivity index is 1.83. The van der Waals surface area contributed by atoms with Gasteiger partial charge in [0.2, 0.25) is 11.8 Å². The summed E-state index contributed by atoms with van der Waals surface area (Å²) >= 11 is 0. The molecule has 0 aliphatic carbocycles. The number of anilines is 1. The van der Waals surface area contributed by atoms with Crippen LogP contribution in [0, 0.1) is 12.7 Å². The van der Waals surface area contributed by atoms with E-state index in [9.17, 15) is 22.4 Å². The summed E-state index contributed by atoms with van der Waals surface area (Å²) in [5, 5.41) is 3.00. The number of amides is 2. The molecule has 0 heterocycles. The maximum absolute atomic E-state index is 14.5. The summed E-state index contributed by atoms with van der Waals surface area (Å²) < 4.78 is 48.8. The summed E-state index contributed by atoms with van der Waals surface area (Å²) in [4.78, 5) is 29.8. The van der Waals surface area contributed by atoms with E-state index in [4.69, 9.17) is 4.74 Å². The van der Waals surface area contributed by atoms with Gasteiger partial charge in [-0.25, -0.2) is 12.8 Å². The van der Waals surface area contributed by atoms with Crippen LogP contribution in [0.4, 0.5) is 10.1 Å². The van der Waals surface area contributed by atoms with Crippen LogP contribution >= 0.6 is 0 Å². The van der Waals surface area contributed by atoms with Gasteiger partial charge in [-0.1, -0.05) is 79.2 Å². The normalized spacial score (nSPS) is 12.5. The number of nitrogens with one attached hydrogen (secondary N) is 1. The average Bonchev–Trinajstić information content (AvgIpc) is 3.06. The number of hydrogen-bond donors (Lipinski definition) is 1. The first kappa shape index (κ1) is 34.2. The number of aryl methyl sites for hydroxylation is 1. The molecule has 2 atom stereocenters. The summed E-state index contributed by atoms with van der Waals surface area (Å²) in [6.45, 7) is 4.98. The van der Waals surface area contributed by atoms with Crippen LogP contribution < -0.4 is 14.4 Å². The third kappa shape index (κ3) is 8.51. The summed E-state index contributed by atoms with van der Waals surface area (Å²) in [7, 11) is -2.86. The molecule has 0 spiro atoms. The molecule has 0 aliphatic heterocycles. The van der Waals surface area contributed by atoms with Crippen molar-refractivity contribution in [2.24, 2.45) is 0 Å². The number of carbonyl (C=O) groups is 2. The van der Waals surface area contributed by atoms with Crippen molar-refractivity contribution in [1.29, 1.82) is 0 Å². The first-order valence-electron chi connectivity index (χ1n) is 15.1. The number of benzene rings is 4. The van der Waals surface area contributed by atoms with Crippen LogP contribution in [0.15, 0.2) is 108 Å². The van der Waals surface area contributed by atoms with E-state index < -0.39 is 34.3 Å². The molecule has 0 bridgehead atoms. The monoisotopic (exact) mass is 645 g/mol. The summed E-state index contributed by atoms with van der Waals surface area (Å²) in [6, 6.07) is 26.7. The van der Waals surface area contributed by atoms with Crippen LogP contribution in [0.25, 0.3) is 0 Å². The number of ether oxygens (including phenoxy) is 1. The number of para-hydroxylation sites is 2. The van der Waals surface area contributed by atoms with E-state index >= 15 is 0 Å². The number of carbonyl (C=O) groups excluding carboxylic acids is 2. The molecule has 4 aromatic carbocycles. The Morgan fingerprint density at radius 2 is 1.50 bits per heavy atom. The fourth-order valence-electron chi connectivity index (χ4n) is 4.97. The Morgan fingerprint density at radius 3 is 2.13 bits per heavy atom. The molecule has 242 valence electrons. The lowest BCUT2D eigenvalue weighted by molar-refractivity contribution is -0.140. The first-order valence-corrected chi connectivity index (χ1v) is 16.6. The Bertz CT molecular complexity index is 1720. The van der Waals surface area contributed by atoms with Gasteiger partial charge >= 0.3 is 0 Å². The molecule has 0 unspecified atom stereocenters. The fraction of sp³-hybridized carbons (Fsp3) is 0.278. The summed E-state index contributed by atoms with van der Waals surface area (Å²) in [5.74, 6) is -1.18. The predicted molar refractivity (Wildman–Crippen MR) is 177 cm³/mol. The van der Waals surface area contributed by atoms with Crippen molar-refractivity contribution in [2.75, 3.05) is 18.0 Å². The molecular weight excluding hydrogens is 605 g/mol. The van der Waals surface area contributed by atoms with Gasteiger partial charge in [-0.2, -0.15) is 0 Å². The molecule has 4 rings (SSSR count). The van der Waals surface area contributed by atoms with E-state index in [1.165, 1.54) is 36.3 Å². The highest BCUT2D eigenvalue weighted by Gasteiger charge is 2.35. The number of hydrogen-bond acceptors (Lipinski definition) is 5. The van der Waals surface area contributed by atoms with E-state index in [-0.39, 0.29) is 41.2 Å². The van der Waals surface area contributed by atoms with Gasteiger partial charge < -0.3 is 15.0 Å². The van der Waals surface area contributed by atoms with Gasteiger partial charge in [-0.05, 0) is 67.8 Å². The average molecular weight is 646 g/mol. The van der Waals surface area contributed by atoms with Gasteiger partial charge in [0, 0.05) is 19.0 Å². The second-order valence-electron chi connectivity index (χ2n) is 11.2. The summed E-state index contributed by atoms with van der Waals surface area (Å²) in [6.07, 6.45) is 0.849. The number of halogens is 1. The molecule has 0 saturated carbocycles.